The number of azo groups is 1. The lowest BCUT2D eigenvalue weighted by Gasteiger charge is -2.22. The average molecular weight is 451 g/mol. The van der Waals surface area contributed by atoms with Crippen LogP contribution in [0.4, 0.5) is 0 Å². The second kappa shape index (κ2) is 19.6. The summed E-state index contributed by atoms with van der Waals surface area (Å²) in [5.74, 6) is 1.80. The molecule has 4 nitrogen and oxygen atoms in total. The number of nitrogens with zero attached hydrogens (tertiary/aromatic N) is 4. The maximum Gasteiger partial charge on any atom is 0.165 e. The molecule has 2 unspecified atom stereocenters. The van der Waals surface area contributed by atoms with E-state index in [1.807, 2.05) is 27.7 Å². The minimum atomic E-state index is -0.830. The molecule has 0 radical (unpaired) electrons. The molecule has 0 aliphatic carbocycles. The van der Waals surface area contributed by atoms with Gasteiger partial charge in [-0.1, -0.05) is 92.4 Å². The van der Waals surface area contributed by atoms with E-state index < -0.39 is 11.1 Å². The Morgan fingerprint density at radius 1 is 0.677 bits per heavy atom. The van der Waals surface area contributed by atoms with Crippen LogP contribution in [0.5, 0.6) is 0 Å². The maximum absolute atomic E-state index is 9.20. The molecule has 0 saturated heterocycles. The van der Waals surface area contributed by atoms with E-state index in [1.165, 1.54) is 64.2 Å². The first kappa shape index (κ1) is 32.1. The number of rotatable bonds is 16. The predicted octanol–water partition coefficient (Wildman–Crippen LogP) is 8.93. The van der Waals surface area contributed by atoms with Gasteiger partial charge < -0.3 is 0 Å². The van der Waals surface area contributed by atoms with Gasteiger partial charge in [0.05, 0.1) is 12.1 Å². The topological polar surface area (TPSA) is 72.3 Å². The van der Waals surface area contributed by atoms with Gasteiger partial charge in [0, 0.05) is 0 Å². The van der Waals surface area contributed by atoms with Gasteiger partial charge in [-0.05, 0) is 50.7 Å². The molecule has 5 heteroatoms. The van der Waals surface area contributed by atoms with Crippen molar-refractivity contribution in [2.24, 2.45) is 22.1 Å². The van der Waals surface area contributed by atoms with Gasteiger partial charge in [-0.3, -0.25) is 0 Å². The summed E-state index contributed by atoms with van der Waals surface area (Å²) in [6.07, 6.45) is 15.5. The molecule has 0 N–H and O–H groups in total. The Morgan fingerprint density at radius 2 is 1.00 bits per heavy atom. The van der Waals surface area contributed by atoms with Crippen LogP contribution in [0.3, 0.4) is 0 Å². The van der Waals surface area contributed by atoms with E-state index >= 15 is 0 Å². The zero-order valence-corrected chi connectivity index (χ0v) is 22.5. The summed E-state index contributed by atoms with van der Waals surface area (Å²) in [5, 5.41) is 26.7. The molecule has 0 heterocycles. The van der Waals surface area contributed by atoms with Crippen LogP contribution in [0, 0.1) is 34.5 Å². The minimum absolute atomic E-state index is 0.368. The Balaban J connectivity index is 0. The van der Waals surface area contributed by atoms with Crippen LogP contribution in [0.15, 0.2) is 10.2 Å². The van der Waals surface area contributed by atoms with E-state index in [0.29, 0.717) is 24.7 Å². The molecule has 0 spiro atoms. The number of thiol groups is 1. The van der Waals surface area contributed by atoms with E-state index in [4.69, 9.17) is 0 Å². The lowest BCUT2D eigenvalue weighted by molar-refractivity contribution is 0.384. The molecule has 0 aromatic rings. The third kappa shape index (κ3) is 20.6. The SMILES string of the molecule is CC(C)CC(C)(C#N)N=NC(C)(C#N)CC(C)C.CCCCCCCCCCCCS. The van der Waals surface area contributed by atoms with Crippen LogP contribution in [0.25, 0.3) is 0 Å². The Morgan fingerprint density at radius 3 is 1.26 bits per heavy atom. The Kier molecular flexibility index (Phi) is 20.3. The molecule has 0 saturated carbocycles. The third-order valence-electron chi connectivity index (χ3n) is 5.10. The van der Waals surface area contributed by atoms with E-state index in [1.54, 1.807) is 13.8 Å². The number of nitriles is 2. The van der Waals surface area contributed by atoms with Crippen molar-refractivity contribution in [2.75, 3.05) is 5.75 Å². The fraction of sp³-hybridized carbons (Fsp3) is 0.923. The van der Waals surface area contributed by atoms with Crippen molar-refractivity contribution >= 4 is 12.6 Å². The van der Waals surface area contributed by atoms with E-state index in [-0.39, 0.29) is 0 Å². The highest BCUT2D eigenvalue weighted by atomic mass is 32.1. The predicted molar refractivity (Wildman–Crippen MR) is 137 cm³/mol. The highest BCUT2D eigenvalue weighted by Gasteiger charge is 2.29. The van der Waals surface area contributed by atoms with Crippen molar-refractivity contribution in [3.05, 3.63) is 0 Å². The van der Waals surface area contributed by atoms with Crippen LogP contribution in [-0.4, -0.2) is 16.8 Å². The normalized spacial score (nSPS) is 15.1. The zero-order chi connectivity index (χ0) is 24.2. The molecule has 0 aromatic heterocycles. The smallest absolute Gasteiger partial charge is 0.165 e. The van der Waals surface area contributed by atoms with Crippen LogP contribution >= 0.6 is 12.6 Å². The van der Waals surface area contributed by atoms with Gasteiger partial charge >= 0.3 is 0 Å². The van der Waals surface area contributed by atoms with Crippen molar-refractivity contribution < 1.29 is 0 Å². The van der Waals surface area contributed by atoms with Crippen molar-refractivity contribution in [1.82, 2.24) is 0 Å². The fourth-order valence-electron chi connectivity index (χ4n) is 3.63. The minimum Gasteiger partial charge on any atom is -0.196 e. The Bertz CT molecular complexity index is 487. The highest BCUT2D eigenvalue weighted by molar-refractivity contribution is 7.80. The van der Waals surface area contributed by atoms with Gasteiger partial charge in [0.2, 0.25) is 0 Å². The standard InChI is InChI=1S/C14H24N4.C12H26S/c1-11(2)7-13(5,9-15)17-18-14(6,10-16)8-12(3)4;1-2-3-4-5-6-7-8-9-10-11-12-13/h11-12H,7-8H2,1-6H3;13H,2-12H2,1H3. The molecule has 0 rings (SSSR count). The summed E-state index contributed by atoms with van der Waals surface area (Å²) >= 11 is 4.20. The zero-order valence-electron chi connectivity index (χ0n) is 21.6. The second-order valence-electron chi connectivity index (χ2n) is 10.1. The molecule has 0 fully saturated rings. The number of hydrogen-bond donors (Lipinski definition) is 1. The molecule has 0 aliphatic rings. The Labute approximate surface area is 199 Å². The number of hydrogen-bond acceptors (Lipinski definition) is 5. The van der Waals surface area contributed by atoms with E-state index in [9.17, 15) is 10.5 Å². The van der Waals surface area contributed by atoms with Crippen molar-refractivity contribution in [1.29, 1.82) is 10.5 Å². The van der Waals surface area contributed by atoms with Gasteiger partial charge in [0.1, 0.15) is 0 Å². The first-order valence-electron chi connectivity index (χ1n) is 12.5. The molecular weight excluding hydrogens is 400 g/mol. The van der Waals surface area contributed by atoms with Crippen LogP contribution in [-0.2, 0) is 0 Å². The average Bonchev–Trinajstić information content (AvgIpc) is 2.71. The second-order valence-corrected chi connectivity index (χ2v) is 10.5. The summed E-state index contributed by atoms with van der Waals surface area (Å²) in [6, 6.07) is 4.38. The van der Waals surface area contributed by atoms with Gasteiger partial charge in [0.25, 0.3) is 0 Å². The monoisotopic (exact) mass is 450 g/mol. The summed E-state index contributed by atoms with van der Waals surface area (Å²) < 4.78 is 0. The maximum atomic E-state index is 9.20. The van der Waals surface area contributed by atoms with E-state index in [0.717, 1.165) is 5.75 Å². The molecule has 0 aromatic carbocycles. The quantitative estimate of drug-likeness (QED) is 0.145. The number of unbranched alkanes of at least 4 members (excludes halogenated alkanes) is 9. The molecule has 2 atom stereocenters. The molecule has 0 amide bonds. The largest absolute Gasteiger partial charge is 0.196 e. The summed E-state index contributed by atoms with van der Waals surface area (Å²) in [7, 11) is 0. The lowest BCUT2D eigenvalue weighted by Crippen LogP contribution is -2.26. The molecule has 0 aliphatic heterocycles. The van der Waals surface area contributed by atoms with Crippen molar-refractivity contribution in [3.63, 3.8) is 0 Å². The summed E-state index contributed by atoms with van der Waals surface area (Å²) in [4.78, 5) is 0. The highest BCUT2D eigenvalue weighted by Crippen LogP contribution is 2.26. The summed E-state index contributed by atoms with van der Waals surface area (Å²) in [6.45, 7) is 14.0. The fourth-order valence-corrected chi connectivity index (χ4v) is 3.85. The first-order valence-corrected chi connectivity index (χ1v) is 13.1. The van der Waals surface area contributed by atoms with Crippen LogP contribution in [0.2, 0.25) is 0 Å². The molecule has 180 valence electrons. The molecular formula is C26H50N4S. The summed E-state index contributed by atoms with van der Waals surface area (Å²) in [5.41, 5.74) is -1.66. The van der Waals surface area contributed by atoms with Gasteiger partial charge in [-0.15, -0.1) is 0 Å². The Hall–Kier alpha value is -1.07. The third-order valence-corrected chi connectivity index (χ3v) is 5.41. The van der Waals surface area contributed by atoms with Crippen LogP contribution < -0.4 is 0 Å². The van der Waals surface area contributed by atoms with Crippen molar-refractivity contribution in [3.8, 4) is 12.1 Å². The van der Waals surface area contributed by atoms with Gasteiger partial charge in [-0.2, -0.15) is 33.4 Å². The lowest BCUT2D eigenvalue weighted by atomic mass is 9.92. The molecule has 0 bridgehead atoms. The van der Waals surface area contributed by atoms with Crippen LogP contribution in [0.1, 0.15) is 126 Å². The van der Waals surface area contributed by atoms with Gasteiger partial charge in [0.15, 0.2) is 11.1 Å². The first-order chi connectivity index (χ1) is 14.6. The van der Waals surface area contributed by atoms with Crippen molar-refractivity contribution in [2.45, 2.75) is 137 Å². The van der Waals surface area contributed by atoms with E-state index in [2.05, 4.69) is 41.9 Å². The molecule has 31 heavy (non-hydrogen) atoms. The van der Waals surface area contributed by atoms with Gasteiger partial charge in [-0.25, -0.2) is 0 Å².